The molecule has 5 rings (SSSR count). The Morgan fingerprint density at radius 1 is 1.25 bits per heavy atom. The number of aryl methyl sites for hydroxylation is 1. The van der Waals surface area contributed by atoms with Crippen molar-refractivity contribution in [1.82, 2.24) is 24.9 Å². The van der Waals surface area contributed by atoms with E-state index < -0.39 is 29.5 Å². The SMILES string of the molecule is [C-]#[N+]c1cc2c(N(C(=O)c3ccc(-c4cn(C)nn4)cc3F)[C@@H]3CCCN(C(=O)OC(C)(C)C)C3)nccc2s1. The number of hydrogen-bond donors (Lipinski definition) is 0. The van der Waals surface area contributed by atoms with Crippen molar-refractivity contribution in [3.05, 3.63) is 65.5 Å². The first-order valence-corrected chi connectivity index (χ1v) is 13.6. The molecule has 10 nitrogen and oxygen atoms in total. The summed E-state index contributed by atoms with van der Waals surface area (Å²) in [6, 6.07) is 7.30. The highest BCUT2D eigenvalue weighted by Gasteiger charge is 2.36. The Hall–Kier alpha value is -4.37. The van der Waals surface area contributed by atoms with Crippen LogP contribution in [0.15, 0.2) is 42.7 Å². The Morgan fingerprint density at radius 3 is 2.73 bits per heavy atom. The van der Waals surface area contributed by atoms with E-state index in [1.807, 2.05) is 0 Å². The van der Waals surface area contributed by atoms with Gasteiger partial charge in [0.05, 0.1) is 24.4 Å². The second-order valence-electron chi connectivity index (χ2n) is 10.6. The predicted molar refractivity (Wildman–Crippen MR) is 150 cm³/mol. The molecule has 1 aliphatic rings. The number of hydrogen-bond acceptors (Lipinski definition) is 7. The third-order valence-electron chi connectivity index (χ3n) is 6.48. The molecule has 4 aromatic rings. The van der Waals surface area contributed by atoms with Gasteiger partial charge in [0, 0.05) is 42.0 Å². The van der Waals surface area contributed by atoms with Crippen LogP contribution in [0.4, 0.5) is 20.0 Å². The van der Waals surface area contributed by atoms with E-state index in [-0.39, 0.29) is 12.1 Å². The predicted octanol–water partition coefficient (Wildman–Crippen LogP) is 5.83. The third-order valence-corrected chi connectivity index (χ3v) is 7.47. The molecular formula is C28H28FN7O3S. The van der Waals surface area contributed by atoms with Crippen LogP contribution in [0.5, 0.6) is 0 Å². The summed E-state index contributed by atoms with van der Waals surface area (Å²) in [5.41, 5.74) is 0.158. The smallest absolute Gasteiger partial charge is 0.410 e. The van der Waals surface area contributed by atoms with E-state index in [1.165, 1.54) is 33.1 Å². The average molecular weight is 562 g/mol. The van der Waals surface area contributed by atoms with Crippen molar-refractivity contribution in [2.45, 2.75) is 45.3 Å². The Labute approximate surface area is 234 Å². The highest BCUT2D eigenvalue weighted by molar-refractivity contribution is 7.23. The molecule has 1 aliphatic heterocycles. The Kier molecular flexibility index (Phi) is 7.25. The van der Waals surface area contributed by atoms with Crippen LogP contribution in [0, 0.1) is 12.4 Å². The maximum absolute atomic E-state index is 15.6. The molecule has 206 valence electrons. The Morgan fingerprint density at radius 2 is 2.05 bits per heavy atom. The standard InChI is InChI=1S/C28H28FN7O3S/c1-28(2,3)39-27(38)35-12-6-7-18(15-35)36(25-20-14-24(30-4)40-23(20)10-11-31-25)26(37)19-9-8-17(13-21(19)29)22-16-34(5)33-32-22/h8-11,13-14,16,18H,6-7,12,15H2,1-3,5H3/t18-/m1/s1. The van der Waals surface area contributed by atoms with Crippen molar-refractivity contribution in [1.29, 1.82) is 0 Å². The van der Waals surface area contributed by atoms with E-state index in [0.717, 1.165) is 4.70 Å². The summed E-state index contributed by atoms with van der Waals surface area (Å²) in [7, 11) is 1.71. The average Bonchev–Trinajstić information content (AvgIpc) is 3.54. The van der Waals surface area contributed by atoms with Gasteiger partial charge < -0.3 is 9.64 Å². The number of rotatable bonds is 4. The third kappa shape index (κ3) is 5.51. The topological polar surface area (TPSA) is 97.8 Å². The molecule has 2 amide bonds. The van der Waals surface area contributed by atoms with Gasteiger partial charge in [0.1, 0.15) is 22.9 Å². The number of carbonyl (C=O) groups excluding carboxylic acids is 2. The van der Waals surface area contributed by atoms with Crippen LogP contribution in [0.3, 0.4) is 0 Å². The molecule has 0 spiro atoms. The van der Waals surface area contributed by atoms with Crippen molar-refractivity contribution < 1.29 is 18.7 Å². The van der Waals surface area contributed by atoms with Gasteiger partial charge in [0.25, 0.3) is 5.91 Å². The van der Waals surface area contributed by atoms with E-state index in [1.54, 1.807) is 63.3 Å². The van der Waals surface area contributed by atoms with E-state index in [2.05, 4.69) is 20.1 Å². The molecule has 3 aromatic heterocycles. The summed E-state index contributed by atoms with van der Waals surface area (Å²) in [5, 5.41) is 8.99. The van der Waals surface area contributed by atoms with Gasteiger partial charge in [-0.3, -0.25) is 14.4 Å². The molecule has 1 aromatic carbocycles. The minimum atomic E-state index is -0.711. The first-order valence-electron chi connectivity index (χ1n) is 12.8. The minimum Gasteiger partial charge on any atom is -0.444 e. The number of halogens is 1. The molecule has 1 saturated heterocycles. The van der Waals surface area contributed by atoms with Crippen molar-refractivity contribution in [3.63, 3.8) is 0 Å². The summed E-state index contributed by atoms with van der Waals surface area (Å²) in [5.74, 6) is -0.978. The summed E-state index contributed by atoms with van der Waals surface area (Å²) < 4.78 is 23.4. The maximum atomic E-state index is 15.6. The monoisotopic (exact) mass is 561 g/mol. The number of nitrogens with zero attached hydrogens (tertiary/aromatic N) is 7. The first-order chi connectivity index (χ1) is 19.0. The van der Waals surface area contributed by atoms with E-state index in [4.69, 9.17) is 11.3 Å². The zero-order valence-corrected chi connectivity index (χ0v) is 23.4. The van der Waals surface area contributed by atoms with Crippen molar-refractivity contribution >= 4 is 44.2 Å². The normalized spacial score (nSPS) is 15.6. The number of piperidine rings is 1. The quantitative estimate of drug-likeness (QED) is 0.291. The lowest BCUT2D eigenvalue weighted by atomic mass is 10.0. The number of fused-ring (bicyclic) bond motifs is 1. The van der Waals surface area contributed by atoms with Gasteiger partial charge in [-0.05, 0) is 57.9 Å². The zero-order valence-electron chi connectivity index (χ0n) is 22.6. The van der Waals surface area contributed by atoms with E-state index in [9.17, 15) is 9.59 Å². The highest BCUT2D eigenvalue weighted by Crippen LogP contribution is 2.38. The summed E-state index contributed by atoms with van der Waals surface area (Å²) in [4.78, 5) is 38.2. The number of ether oxygens (including phenoxy) is 1. The summed E-state index contributed by atoms with van der Waals surface area (Å²) in [6.45, 7) is 13.5. The van der Waals surface area contributed by atoms with Crippen LogP contribution in [0.25, 0.3) is 26.2 Å². The van der Waals surface area contributed by atoms with Crippen molar-refractivity contribution in [2.24, 2.45) is 7.05 Å². The lowest BCUT2D eigenvalue weighted by Crippen LogP contribution is -2.53. The van der Waals surface area contributed by atoms with Crippen LogP contribution in [-0.2, 0) is 11.8 Å². The van der Waals surface area contributed by atoms with Gasteiger partial charge in [-0.25, -0.2) is 19.0 Å². The number of aromatic nitrogens is 4. The van der Waals surface area contributed by atoms with Gasteiger partial charge in [-0.1, -0.05) is 11.3 Å². The van der Waals surface area contributed by atoms with Gasteiger partial charge >= 0.3 is 6.09 Å². The molecule has 40 heavy (non-hydrogen) atoms. The van der Waals surface area contributed by atoms with Crippen LogP contribution in [0.2, 0.25) is 0 Å². The summed E-state index contributed by atoms with van der Waals surface area (Å²) in [6.07, 6.45) is 3.95. The van der Waals surface area contributed by atoms with Crippen LogP contribution in [-0.4, -0.2) is 61.6 Å². The second kappa shape index (κ2) is 10.7. The fourth-order valence-electron chi connectivity index (χ4n) is 4.73. The Balaban J connectivity index is 1.56. The zero-order chi connectivity index (χ0) is 28.6. The van der Waals surface area contributed by atoms with E-state index in [0.29, 0.717) is 46.8 Å². The lowest BCUT2D eigenvalue weighted by molar-refractivity contribution is 0.0196. The number of amides is 2. The van der Waals surface area contributed by atoms with Gasteiger partial charge in [-0.15, -0.1) is 5.10 Å². The first kappa shape index (κ1) is 27.2. The Bertz CT molecular complexity index is 1630. The number of benzene rings is 1. The molecule has 1 atom stereocenters. The molecule has 0 bridgehead atoms. The molecular weight excluding hydrogens is 533 g/mol. The number of pyridine rings is 1. The lowest BCUT2D eigenvalue weighted by Gasteiger charge is -2.39. The number of anilines is 1. The van der Waals surface area contributed by atoms with Crippen molar-refractivity contribution in [3.8, 4) is 11.3 Å². The molecule has 1 fully saturated rings. The largest absolute Gasteiger partial charge is 0.444 e. The molecule has 0 N–H and O–H groups in total. The van der Waals surface area contributed by atoms with E-state index >= 15 is 4.39 Å². The van der Waals surface area contributed by atoms with Gasteiger partial charge in [-0.2, -0.15) is 11.3 Å². The number of carbonyl (C=O) groups is 2. The molecule has 0 radical (unpaired) electrons. The van der Waals surface area contributed by atoms with Gasteiger partial charge in [0.15, 0.2) is 0 Å². The highest BCUT2D eigenvalue weighted by atomic mass is 32.1. The minimum absolute atomic E-state index is 0.138. The molecule has 0 aliphatic carbocycles. The molecule has 4 heterocycles. The molecule has 12 heteroatoms. The molecule has 0 saturated carbocycles. The van der Waals surface area contributed by atoms with Crippen LogP contribution in [0.1, 0.15) is 44.0 Å². The van der Waals surface area contributed by atoms with Gasteiger partial charge in [0.2, 0.25) is 5.00 Å². The maximum Gasteiger partial charge on any atom is 0.410 e. The van der Waals surface area contributed by atoms with Crippen LogP contribution < -0.4 is 4.90 Å². The molecule has 0 unspecified atom stereocenters. The summed E-state index contributed by atoms with van der Waals surface area (Å²) >= 11 is 1.29. The second-order valence-corrected chi connectivity index (χ2v) is 11.7. The number of thiophene rings is 1. The fourth-order valence-corrected chi connectivity index (χ4v) is 5.57. The van der Waals surface area contributed by atoms with Crippen LogP contribution >= 0.6 is 11.3 Å². The fraction of sp³-hybridized carbons (Fsp3) is 0.357. The number of likely N-dealkylation sites (tertiary alicyclic amines) is 1. The van der Waals surface area contributed by atoms with Crippen molar-refractivity contribution in [2.75, 3.05) is 18.0 Å².